The highest BCUT2D eigenvalue weighted by Crippen LogP contribution is 2.37. The minimum Gasteiger partial charge on any atom is -0.481 e. The minimum atomic E-state index is -0.0910. The first-order chi connectivity index (χ1) is 21.4. The molecule has 3 aromatic rings. The lowest BCUT2D eigenvalue weighted by Crippen LogP contribution is -2.67. The van der Waals surface area contributed by atoms with Crippen molar-refractivity contribution >= 4 is 5.91 Å². The first-order valence-electron chi connectivity index (χ1n) is 15.5. The van der Waals surface area contributed by atoms with Crippen LogP contribution < -0.4 is 14.2 Å². The van der Waals surface area contributed by atoms with Gasteiger partial charge in [0.1, 0.15) is 6.61 Å². The Morgan fingerprint density at radius 3 is 2.16 bits per heavy atom. The summed E-state index contributed by atoms with van der Waals surface area (Å²) < 4.78 is 22.8. The fourth-order valence-corrected chi connectivity index (χ4v) is 6.50. The number of benzene rings is 2. The lowest BCUT2D eigenvalue weighted by atomic mass is 9.81. The van der Waals surface area contributed by atoms with Crippen LogP contribution in [0.2, 0.25) is 0 Å². The first-order valence-corrected chi connectivity index (χ1v) is 15.5. The molecule has 0 aliphatic carbocycles. The number of rotatable bonds is 12. The molecule has 2 aromatic carbocycles. The number of carbonyl (C=O) groups is 1. The average Bonchev–Trinajstić information content (AvgIpc) is 3.03. The van der Waals surface area contributed by atoms with Gasteiger partial charge in [-0.2, -0.15) is 9.97 Å². The molecule has 10 nitrogen and oxygen atoms in total. The minimum absolute atomic E-state index is 0.0256. The molecule has 2 unspecified atom stereocenters. The molecule has 2 atom stereocenters. The van der Waals surface area contributed by atoms with Crippen LogP contribution in [0.15, 0.2) is 60.7 Å². The molecule has 1 aromatic heterocycles. The second-order valence-corrected chi connectivity index (χ2v) is 11.6. The number of fused-ring (bicyclic) bond motifs is 1. The van der Waals surface area contributed by atoms with Crippen molar-refractivity contribution in [1.82, 2.24) is 24.7 Å². The van der Waals surface area contributed by atoms with Gasteiger partial charge in [-0.1, -0.05) is 60.7 Å². The maximum atomic E-state index is 12.9. The van der Waals surface area contributed by atoms with Gasteiger partial charge in [-0.15, -0.1) is 0 Å². The summed E-state index contributed by atoms with van der Waals surface area (Å²) in [6.45, 7) is 10.6. The van der Waals surface area contributed by atoms with Crippen LogP contribution in [0.25, 0.3) is 0 Å². The molecule has 236 valence electrons. The molecular weight excluding hydrogens is 558 g/mol. The number of methoxy groups -OCH3 is 2. The van der Waals surface area contributed by atoms with Gasteiger partial charge in [-0.3, -0.25) is 14.6 Å². The van der Waals surface area contributed by atoms with E-state index in [1.54, 1.807) is 14.2 Å². The fraction of sp³-hybridized carbons (Fsp3) is 0.500. The zero-order chi connectivity index (χ0) is 31.1. The monoisotopic (exact) mass is 603 g/mol. The summed E-state index contributed by atoms with van der Waals surface area (Å²) in [7, 11) is 3.18. The summed E-state index contributed by atoms with van der Waals surface area (Å²) in [6, 6.07) is 22.0. The van der Waals surface area contributed by atoms with Gasteiger partial charge >= 0.3 is 6.01 Å². The number of hydrogen-bond acceptors (Lipinski definition) is 9. The van der Waals surface area contributed by atoms with Gasteiger partial charge in [0.25, 0.3) is 0 Å². The van der Waals surface area contributed by atoms with Crippen molar-refractivity contribution in [3.8, 4) is 17.8 Å². The number of piperazine rings is 2. The summed E-state index contributed by atoms with van der Waals surface area (Å²) in [5.41, 5.74) is 3.33. The molecular formula is C34H45N5O5. The quantitative estimate of drug-likeness (QED) is 0.306. The van der Waals surface area contributed by atoms with Crippen LogP contribution in [0.4, 0.5) is 0 Å². The number of amides is 1. The Morgan fingerprint density at radius 1 is 0.909 bits per heavy atom. The summed E-state index contributed by atoms with van der Waals surface area (Å²) in [4.78, 5) is 29.1. The second-order valence-electron chi connectivity index (χ2n) is 11.6. The molecule has 10 heteroatoms. The molecule has 1 amide bonds. The van der Waals surface area contributed by atoms with Gasteiger partial charge in [-0.25, -0.2) is 0 Å². The Kier molecular flexibility index (Phi) is 10.7. The van der Waals surface area contributed by atoms with Crippen molar-refractivity contribution in [1.29, 1.82) is 0 Å². The van der Waals surface area contributed by atoms with Crippen molar-refractivity contribution in [3.63, 3.8) is 0 Å². The molecule has 2 aliphatic heterocycles. The van der Waals surface area contributed by atoms with Gasteiger partial charge in [0.15, 0.2) is 0 Å². The van der Waals surface area contributed by atoms with Crippen LogP contribution in [0.1, 0.15) is 43.4 Å². The lowest BCUT2D eigenvalue weighted by molar-refractivity contribution is -0.140. The van der Waals surface area contributed by atoms with E-state index in [2.05, 4.69) is 80.4 Å². The number of carbonyl (C=O) groups excluding carboxylic acids is 1. The highest BCUT2D eigenvalue weighted by molar-refractivity contribution is 5.77. The van der Waals surface area contributed by atoms with Crippen molar-refractivity contribution in [2.24, 2.45) is 0 Å². The molecule has 2 aliphatic rings. The van der Waals surface area contributed by atoms with E-state index in [0.29, 0.717) is 38.0 Å². The van der Waals surface area contributed by atoms with E-state index in [1.807, 2.05) is 25.7 Å². The van der Waals surface area contributed by atoms with E-state index in [1.165, 1.54) is 11.1 Å². The van der Waals surface area contributed by atoms with Gasteiger partial charge in [0.2, 0.25) is 17.7 Å². The lowest BCUT2D eigenvalue weighted by Gasteiger charge is -2.53. The largest absolute Gasteiger partial charge is 0.481 e. The molecule has 44 heavy (non-hydrogen) atoms. The topological polar surface area (TPSA) is 89.5 Å². The summed E-state index contributed by atoms with van der Waals surface area (Å²) in [5, 5.41) is 0. The Labute approximate surface area is 260 Å². The smallest absolute Gasteiger partial charge is 0.323 e. The van der Waals surface area contributed by atoms with E-state index in [9.17, 15) is 4.79 Å². The van der Waals surface area contributed by atoms with Crippen LogP contribution in [0.3, 0.4) is 0 Å². The van der Waals surface area contributed by atoms with Crippen LogP contribution >= 0.6 is 0 Å². The van der Waals surface area contributed by atoms with E-state index in [-0.39, 0.29) is 42.6 Å². The van der Waals surface area contributed by atoms with E-state index in [4.69, 9.17) is 18.9 Å². The molecule has 2 saturated heterocycles. The summed E-state index contributed by atoms with van der Waals surface area (Å²) in [5.74, 6) is 1.07. The van der Waals surface area contributed by atoms with Gasteiger partial charge in [-0.05, 0) is 31.9 Å². The van der Waals surface area contributed by atoms with Crippen LogP contribution in [0.5, 0.6) is 17.8 Å². The standard InChI is InChI=1S/C34H45N5O5/c1-6-43-34-35-32(42-5)28(33(36-34)44-24(2)3)21-37-19-27-20-38(30(40)23-41-4)17-18-39(27)29(22-37)31(25-13-9-7-10-14-25)26-15-11-8-12-16-26/h7-16,24,27,29,31H,6,17-23H2,1-5H3. The zero-order valence-electron chi connectivity index (χ0n) is 26.5. The Bertz CT molecular complexity index is 1320. The molecule has 5 rings (SSSR count). The SMILES string of the molecule is CCOc1nc(OC)c(CN2CC3CN(C(=O)COC)CCN3C(C(c3ccccc3)c3ccccc3)C2)c(OC(C)C)n1. The van der Waals surface area contributed by atoms with E-state index < -0.39 is 0 Å². The van der Waals surface area contributed by atoms with Crippen molar-refractivity contribution in [2.75, 3.05) is 60.2 Å². The molecule has 0 spiro atoms. The van der Waals surface area contributed by atoms with Crippen molar-refractivity contribution in [2.45, 2.75) is 51.4 Å². The first kappa shape index (κ1) is 31.7. The molecule has 2 fully saturated rings. The third-order valence-electron chi connectivity index (χ3n) is 8.30. The van der Waals surface area contributed by atoms with Gasteiger partial charge < -0.3 is 23.8 Å². The Morgan fingerprint density at radius 2 is 1.57 bits per heavy atom. The van der Waals surface area contributed by atoms with Crippen LogP contribution in [-0.2, 0) is 16.1 Å². The van der Waals surface area contributed by atoms with Gasteiger partial charge in [0, 0.05) is 64.4 Å². The van der Waals surface area contributed by atoms with E-state index >= 15 is 0 Å². The zero-order valence-corrected chi connectivity index (χ0v) is 26.5. The number of hydrogen-bond donors (Lipinski definition) is 0. The van der Waals surface area contributed by atoms with E-state index in [0.717, 1.165) is 25.2 Å². The number of nitrogens with zero attached hydrogens (tertiary/aromatic N) is 5. The molecule has 0 saturated carbocycles. The molecule has 3 heterocycles. The molecule has 0 bridgehead atoms. The number of aromatic nitrogens is 2. The predicted molar refractivity (Wildman–Crippen MR) is 168 cm³/mol. The summed E-state index contributed by atoms with van der Waals surface area (Å²) in [6.07, 6.45) is -0.0910. The predicted octanol–water partition coefficient (Wildman–Crippen LogP) is 3.85. The fourth-order valence-electron chi connectivity index (χ4n) is 6.50. The average molecular weight is 604 g/mol. The number of ether oxygens (including phenoxy) is 4. The Hall–Kier alpha value is -3.73. The highest BCUT2D eigenvalue weighted by Gasteiger charge is 2.43. The van der Waals surface area contributed by atoms with Crippen LogP contribution in [-0.4, -0.2) is 109 Å². The maximum absolute atomic E-state index is 12.9. The van der Waals surface area contributed by atoms with Crippen LogP contribution in [0, 0.1) is 0 Å². The van der Waals surface area contributed by atoms with Gasteiger partial charge in [0.05, 0.1) is 25.4 Å². The molecule has 0 radical (unpaired) electrons. The third-order valence-corrected chi connectivity index (χ3v) is 8.30. The third kappa shape index (κ3) is 7.31. The Balaban J connectivity index is 1.54. The summed E-state index contributed by atoms with van der Waals surface area (Å²) >= 11 is 0. The normalized spacial score (nSPS) is 19.2. The van der Waals surface area contributed by atoms with Crippen molar-refractivity contribution in [3.05, 3.63) is 77.4 Å². The molecule has 0 N–H and O–H groups in total. The second kappa shape index (κ2) is 14.8. The highest BCUT2D eigenvalue weighted by atomic mass is 16.5. The maximum Gasteiger partial charge on any atom is 0.323 e. The van der Waals surface area contributed by atoms with Crippen molar-refractivity contribution < 1.29 is 23.7 Å².